The fourth-order valence-corrected chi connectivity index (χ4v) is 3.30. The minimum absolute atomic E-state index is 0.0842. The highest BCUT2D eigenvalue weighted by atomic mass is 32.2. The molecule has 6 heteroatoms. The zero-order chi connectivity index (χ0) is 11.5. The maximum atomic E-state index is 11.8. The van der Waals surface area contributed by atoms with Gasteiger partial charge in [-0.3, -0.25) is 4.79 Å². The van der Waals surface area contributed by atoms with E-state index in [0.717, 1.165) is 12.8 Å². The second kappa shape index (κ2) is 4.94. The van der Waals surface area contributed by atoms with Gasteiger partial charge in [0.1, 0.15) is 0 Å². The van der Waals surface area contributed by atoms with Gasteiger partial charge < -0.3 is 5.11 Å². The van der Waals surface area contributed by atoms with Crippen molar-refractivity contribution >= 4 is 16.0 Å². The lowest BCUT2D eigenvalue weighted by molar-refractivity contribution is -0.137. The molecule has 15 heavy (non-hydrogen) atoms. The van der Waals surface area contributed by atoms with Crippen LogP contribution < -0.4 is 0 Å². The number of hydrogen-bond donors (Lipinski definition) is 1. The number of carboxylic acids is 1. The third kappa shape index (κ3) is 4.17. The maximum Gasteiger partial charge on any atom is 0.304 e. The van der Waals surface area contributed by atoms with Crippen LogP contribution in [-0.4, -0.2) is 42.6 Å². The Balaban J connectivity index is 2.50. The molecular formula is C9H17NO4S. The minimum atomic E-state index is -3.23. The quantitative estimate of drug-likeness (QED) is 0.698. The molecule has 88 valence electrons. The van der Waals surface area contributed by atoms with Crippen LogP contribution in [0.15, 0.2) is 0 Å². The molecule has 1 saturated carbocycles. The molecule has 0 spiro atoms. The monoisotopic (exact) mass is 235 g/mol. The van der Waals surface area contributed by atoms with Crippen molar-refractivity contribution in [2.24, 2.45) is 5.92 Å². The molecule has 0 aromatic rings. The Bertz CT molecular complexity index is 321. The summed E-state index contributed by atoms with van der Waals surface area (Å²) < 4.78 is 24.8. The van der Waals surface area contributed by atoms with Crippen molar-refractivity contribution in [3.05, 3.63) is 0 Å². The van der Waals surface area contributed by atoms with E-state index in [9.17, 15) is 13.2 Å². The van der Waals surface area contributed by atoms with E-state index in [1.54, 1.807) is 6.92 Å². The molecule has 0 saturated heterocycles. The molecule has 0 amide bonds. The van der Waals surface area contributed by atoms with Gasteiger partial charge in [-0.1, -0.05) is 6.92 Å². The summed E-state index contributed by atoms with van der Waals surface area (Å²) in [6.45, 7) is 2.16. The van der Waals surface area contributed by atoms with Gasteiger partial charge in [0.25, 0.3) is 0 Å². The van der Waals surface area contributed by atoms with E-state index in [0.29, 0.717) is 12.5 Å². The van der Waals surface area contributed by atoms with Crippen LogP contribution in [0.25, 0.3) is 0 Å². The second-order valence-corrected chi connectivity index (χ2v) is 5.87. The van der Waals surface area contributed by atoms with E-state index in [4.69, 9.17) is 5.11 Å². The highest BCUT2D eigenvalue weighted by Gasteiger charge is 2.31. The van der Waals surface area contributed by atoms with Crippen LogP contribution in [0.1, 0.15) is 26.2 Å². The molecule has 1 aliphatic rings. The zero-order valence-electron chi connectivity index (χ0n) is 8.85. The molecule has 0 atom stereocenters. The summed E-state index contributed by atoms with van der Waals surface area (Å²) in [5.41, 5.74) is 0. The van der Waals surface area contributed by atoms with Crippen molar-refractivity contribution < 1.29 is 18.3 Å². The molecule has 0 aromatic carbocycles. The first kappa shape index (κ1) is 12.4. The highest BCUT2D eigenvalue weighted by Crippen LogP contribution is 2.31. The van der Waals surface area contributed by atoms with Gasteiger partial charge in [0.05, 0.1) is 12.2 Å². The third-order valence-corrected chi connectivity index (χ3v) is 4.58. The lowest BCUT2D eigenvalue weighted by Crippen LogP contribution is -2.35. The predicted molar refractivity (Wildman–Crippen MR) is 56.0 cm³/mol. The van der Waals surface area contributed by atoms with Crippen molar-refractivity contribution in [2.45, 2.75) is 26.2 Å². The summed E-state index contributed by atoms with van der Waals surface area (Å²) in [5.74, 6) is -0.482. The first-order valence-corrected chi connectivity index (χ1v) is 6.76. The predicted octanol–water partition coefficient (Wildman–Crippen LogP) is 0.523. The average Bonchev–Trinajstić information content (AvgIpc) is 2.87. The van der Waals surface area contributed by atoms with Gasteiger partial charge in [-0.15, -0.1) is 0 Å². The second-order valence-electron chi connectivity index (χ2n) is 3.86. The number of carboxylic acid groups (broad SMARTS) is 1. The summed E-state index contributed by atoms with van der Waals surface area (Å²) in [4.78, 5) is 10.4. The standard InChI is InChI=1S/C9H17NO4S/c1-2-10(6-5-9(11)12)15(13,14)7-8-3-4-8/h8H,2-7H2,1H3,(H,11,12). The highest BCUT2D eigenvalue weighted by molar-refractivity contribution is 7.89. The number of nitrogens with zero attached hydrogens (tertiary/aromatic N) is 1. The van der Waals surface area contributed by atoms with E-state index in [-0.39, 0.29) is 18.7 Å². The van der Waals surface area contributed by atoms with E-state index < -0.39 is 16.0 Å². The van der Waals surface area contributed by atoms with E-state index in [1.165, 1.54) is 4.31 Å². The van der Waals surface area contributed by atoms with Crippen LogP contribution in [0.4, 0.5) is 0 Å². The van der Waals surface area contributed by atoms with Gasteiger partial charge in [0.2, 0.25) is 10.0 Å². The molecule has 0 radical (unpaired) electrons. The lowest BCUT2D eigenvalue weighted by Gasteiger charge is -2.19. The van der Waals surface area contributed by atoms with Gasteiger partial charge in [0.15, 0.2) is 0 Å². The van der Waals surface area contributed by atoms with Crippen LogP contribution in [0, 0.1) is 5.92 Å². The maximum absolute atomic E-state index is 11.8. The molecular weight excluding hydrogens is 218 g/mol. The van der Waals surface area contributed by atoms with Gasteiger partial charge in [-0.2, -0.15) is 0 Å². The van der Waals surface area contributed by atoms with Crippen LogP contribution in [0.2, 0.25) is 0 Å². The normalized spacial score (nSPS) is 16.9. The smallest absolute Gasteiger partial charge is 0.304 e. The number of aliphatic carboxylic acids is 1. The van der Waals surface area contributed by atoms with E-state index in [1.807, 2.05) is 0 Å². The molecule has 5 nitrogen and oxygen atoms in total. The SMILES string of the molecule is CCN(CCC(=O)O)S(=O)(=O)CC1CC1. The van der Waals surface area contributed by atoms with Crippen LogP contribution >= 0.6 is 0 Å². The Kier molecular flexibility index (Phi) is 4.10. The Hall–Kier alpha value is -0.620. The van der Waals surface area contributed by atoms with Gasteiger partial charge in [-0.25, -0.2) is 12.7 Å². The fraction of sp³-hybridized carbons (Fsp3) is 0.889. The number of sulfonamides is 1. The summed E-state index contributed by atoms with van der Waals surface area (Å²) in [6.07, 6.45) is 1.84. The summed E-state index contributed by atoms with van der Waals surface area (Å²) in [7, 11) is -3.23. The molecule has 1 fully saturated rings. The first-order valence-electron chi connectivity index (χ1n) is 5.15. The zero-order valence-corrected chi connectivity index (χ0v) is 9.66. The van der Waals surface area contributed by atoms with Crippen LogP contribution in [0.5, 0.6) is 0 Å². The number of rotatable bonds is 7. The topological polar surface area (TPSA) is 74.7 Å². The molecule has 1 aliphatic carbocycles. The Morgan fingerprint density at radius 1 is 1.47 bits per heavy atom. The van der Waals surface area contributed by atoms with Gasteiger partial charge in [0, 0.05) is 13.1 Å². The summed E-state index contributed by atoms with van der Waals surface area (Å²) in [6, 6.07) is 0. The van der Waals surface area contributed by atoms with Crippen LogP contribution in [0.3, 0.4) is 0 Å². The number of hydrogen-bond acceptors (Lipinski definition) is 3. The molecule has 1 rings (SSSR count). The van der Waals surface area contributed by atoms with Crippen LogP contribution in [-0.2, 0) is 14.8 Å². The Morgan fingerprint density at radius 2 is 2.07 bits per heavy atom. The Labute approximate surface area is 90.1 Å². The summed E-state index contributed by atoms with van der Waals surface area (Å²) in [5, 5.41) is 8.50. The van der Waals surface area contributed by atoms with Crippen molar-refractivity contribution in [3.63, 3.8) is 0 Å². The largest absolute Gasteiger partial charge is 0.481 e. The minimum Gasteiger partial charge on any atom is -0.481 e. The molecule has 0 aromatic heterocycles. The molecule has 0 bridgehead atoms. The molecule has 0 unspecified atom stereocenters. The van der Waals surface area contributed by atoms with E-state index >= 15 is 0 Å². The van der Waals surface area contributed by atoms with Crippen molar-refractivity contribution in [1.82, 2.24) is 4.31 Å². The molecule has 0 heterocycles. The first-order chi connectivity index (χ1) is 6.95. The van der Waals surface area contributed by atoms with E-state index in [2.05, 4.69) is 0 Å². The van der Waals surface area contributed by atoms with Crippen molar-refractivity contribution in [3.8, 4) is 0 Å². The Morgan fingerprint density at radius 3 is 2.47 bits per heavy atom. The van der Waals surface area contributed by atoms with Gasteiger partial charge >= 0.3 is 5.97 Å². The number of carbonyl (C=O) groups is 1. The summed E-state index contributed by atoms with van der Waals surface area (Å²) >= 11 is 0. The molecule has 1 N–H and O–H groups in total. The lowest BCUT2D eigenvalue weighted by atomic mass is 10.4. The third-order valence-electron chi connectivity index (χ3n) is 2.46. The average molecular weight is 235 g/mol. The fourth-order valence-electron chi connectivity index (χ4n) is 1.40. The van der Waals surface area contributed by atoms with Crippen molar-refractivity contribution in [2.75, 3.05) is 18.8 Å². The van der Waals surface area contributed by atoms with Gasteiger partial charge in [-0.05, 0) is 18.8 Å². The molecule has 0 aliphatic heterocycles. The van der Waals surface area contributed by atoms with Crippen molar-refractivity contribution in [1.29, 1.82) is 0 Å².